The lowest BCUT2D eigenvalue weighted by molar-refractivity contribution is 0.312. The SMILES string of the molecule is CC(C)c1nc(N2CCN(C)CC2)sc1C(C)N. The molecule has 18 heavy (non-hydrogen) atoms. The summed E-state index contributed by atoms with van der Waals surface area (Å²) in [6, 6.07) is 0.0844. The first-order chi connectivity index (χ1) is 8.49. The Kier molecular flexibility index (Phi) is 4.25. The van der Waals surface area contributed by atoms with Gasteiger partial charge in [0.2, 0.25) is 0 Å². The quantitative estimate of drug-likeness (QED) is 0.911. The molecule has 102 valence electrons. The summed E-state index contributed by atoms with van der Waals surface area (Å²) in [5, 5.41) is 1.15. The van der Waals surface area contributed by atoms with E-state index in [1.54, 1.807) is 11.3 Å². The molecule has 1 aromatic heterocycles. The highest BCUT2D eigenvalue weighted by Crippen LogP contribution is 2.34. The maximum atomic E-state index is 6.06. The van der Waals surface area contributed by atoms with Crippen molar-refractivity contribution < 1.29 is 0 Å². The lowest BCUT2D eigenvalue weighted by Crippen LogP contribution is -2.44. The molecular formula is C13H24N4S. The van der Waals surface area contributed by atoms with Crippen LogP contribution >= 0.6 is 11.3 Å². The van der Waals surface area contributed by atoms with E-state index >= 15 is 0 Å². The van der Waals surface area contributed by atoms with Crippen LogP contribution in [0.5, 0.6) is 0 Å². The van der Waals surface area contributed by atoms with Gasteiger partial charge < -0.3 is 15.5 Å². The van der Waals surface area contributed by atoms with Crippen molar-refractivity contribution in [3.8, 4) is 0 Å². The first-order valence-corrected chi connectivity index (χ1v) is 7.50. The Morgan fingerprint density at radius 1 is 1.17 bits per heavy atom. The molecule has 0 radical (unpaired) electrons. The molecule has 5 heteroatoms. The van der Waals surface area contributed by atoms with Crippen LogP contribution in [0, 0.1) is 0 Å². The molecule has 1 unspecified atom stereocenters. The van der Waals surface area contributed by atoms with Crippen LogP contribution in [0.1, 0.15) is 43.3 Å². The Balaban J connectivity index is 2.21. The smallest absolute Gasteiger partial charge is 0.185 e. The predicted octanol–water partition coefficient (Wildman–Crippen LogP) is 2.04. The highest BCUT2D eigenvalue weighted by atomic mass is 32.1. The fourth-order valence-corrected chi connectivity index (χ4v) is 3.43. The number of hydrogen-bond donors (Lipinski definition) is 1. The molecule has 2 heterocycles. The zero-order chi connectivity index (χ0) is 13.3. The van der Waals surface area contributed by atoms with E-state index in [4.69, 9.17) is 10.7 Å². The van der Waals surface area contributed by atoms with E-state index in [9.17, 15) is 0 Å². The fourth-order valence-electron chi connectivity index (χ4n) is 2.20. The third-order valence-electron chi connectivity index (χ3n) is 3.40. The Morgan fingerprint density at radius 2 is 1.78 bits per heavy atom. The van der Waals surface area contributed by atoms with Gasteiger partial charge in [-0.05, 0) is 19.9 Å². The van der Waals surface area contributed by atoms with Crippen molar-refractivity contribution >= 4 is 16.5 Å². The molecule has 1 atom stereocenters. The number of nitrogens with zero attached hydrogens (tertiary/aromatic N) is 3. The number of piperazine rings is 1. The molecule has 0 aromatic carbocycles. The van der Waals surface area contributed by atoms with E-state index in [0.717, 1.165) is 31.3 Å². The Morgan fingerprint density at radius 3 is 2.22 bits per heavy atom. The monoisotopic (exact) mass is 268 g/mol. The van der Waals surface area contributed by atoms with Crippen LogP contribution < -0.4 is 10.6 Å². The van der Waals surface area contributed by atoms with Crippen molar-refractivity contribution in [3.63, 3.8) is 0 Å². The van der Waals surface area contributed by atoms with Gasteiger partial charge in [-0.25, -0.2) is 4.98 Å². The van der Waals surface area contributed by atoms with E-state index < -0.39 is 0 Å². The minimum atomic E-state index is 0.0844. The minimum Gasteiger partial charge on any atom is -0.346 e. The number of aromatic nitrogens is 1. The molecule has 0 saturated carbocycles. The molecule has 0 spiro atoms. The van der Waals surface area contributed by atoms with Crippen molar-refractivity contribution in [2.75, 3.05) is 38.1 Å². The Labute approximate surface area is 114 Å². The van der Waals surface area contributed by atoms with Gasteiger partial charge in [-0.3, -0.25) is 0 Å². The summed E-state index contributed by atoms with van der Waals surface area (Å²) in [7, 11) is 2.17. The molecule has 0 aliphatic carbocycles. The second-order valence-corrected chi connectivity index (χ2v) is 6.49. The van der Waals surface area contributed by atoms with Gasteiger partial charge in [0.25, 0.3) is 0 Å². The number of hydrogen-bond acceptors (Lipinski definition) is 5. The normalized spacial score (nSPS) is 19.6. The van der Waals surface area contributed by atoms with E-state index in [1.165, 1.54) is 10.6 Å². The highest BCUT2D eigenvalue weighted by molar-refractivity contribution is 7.15. The van der Waals surface area contributed by atoms with Crippen LogP contribution in [-0.2, 0) is 0 Å². The molecular weight excluding hydrogens is 244 g/mol. The van der Waals surface area contributed by atoms with Crippen LogP contribution in [0.3, 0.4) is 0 Å². The minimum absolute atomic E-state index is 0.0844. The van der Waals surface area contributed by atoms with Crippen LogP contribution in [0.25, 0.3) is 0 Å². The number of thiazole rings is 1. The standard InChI is InChI=1S/C13H24N4S/c1-9(2)11-12(10(3)14)18-13(15-11)17-7-5-16(4)6-8-17/h9-10H,5-8,14H2,1-4H3. The molecule has 1 saturated heterocycles. The molecule has 0 amide bonds. The van der Waals surface area contributed by atoms with Gasteiger partial charge in [0.15, 0.2) is 5.13 Å². The van der Waals surface area contributed by atoms with Crippen LogP contribution in [0.15, 0.2) is 0 Å². The van der Waals surface area contributed by atoms with Crippen LogP contribution in [0.4, 0.5) is 5.13 Å². The third kappa shape index (κ3) is 2.84. The van der Waals surface area contributed by atoms with Gasteiger partial charge in [-0.15, -0.1) is 0 Å². The van der Waals surface area contributed by atoms with Crippen LogP contribution in [0.2, 0.25) is 0 Å². The summed E-state index contributed by atoms with van der Waals surface area (Å²) in [4.78, 5) is 10.8. The molecule has 1 fully saturated rings. The predicted molar refractivity (Wildman–Crippen MR) is 78.5 cm³/mol. The van der Waals surface area contributed by atoms with E-state index in [-0.39, 0.29) is 6.04 Å². The summed E-state index contributed by atoms with van der Waals surface area (Å²) in [5.41, 5.74) is 7.25. The van der Waals surface area contributed by atoms with Gasteiger partial charge in [0, 0.05) is 37.1 Å². The zero-order valence-electron chi connectivity index (χ0n) is 11.8. The molecule has 1 aromatic rings. The molecule has 2 N–H and O–H groups in total. The van der Waals surface area contributed by atoms with Gasteiger partial charge in [-0.1, -0.05) is 25.2 Å². The van der Waals surface area contributed by atoms with Gasteiger partial charge >= 0.3 is 0 Å². The lowest BCUT2D eigenvalue weighted by Gasteiger charge is -2.32. The van der Waals surface area contributed by atoms with Crippen molar-refractivity contribution in [2.24, 2.45) is 5.73 Å². The molecule has 2 rings (SSSR count). The van der Waals surface area contributed by atoms with Crippen molar-refractivity contribution in [1.82, 2.24) is 9.88 Å². The topological polar surface area (TPSA) is 45.4 Å². The molecule has 0 bridgehead atoms. The van der Waals surface area contributed by atoms with Crippen molar-refractivity contribution in [3.05, 3.63) is 10.6 Å². The Bertz CT molecular complexity index is 366. The van der Waals surface area contributed by atoms with Crippen molar-refractivity contribution in [1.29, 1.82) is 0 Å². The third-order valence-corrected chi connectivity index (χ3v) is 4.74. The first kappa shape index (κ1) is 13.8. The van der Waals surface area contributed by atoms with Gasteiger partial charge in [0.1, 0.15) is 0 Å². The summed E-state index contributed by atoms with van der Waals surface area (Å²) in [5.74, 6) is 0.448. The van der Waals surface area contributed by atoms with E-state index in [0.29, 0.717) is 5.92 Å². The first-order valence-electron chi connectivity index (χ1n) is 6.68. The fraction of sp³-hybridized carbons (Fsp3) is 0.769. The van der Waals surface area contributed by atoms with E-state index in [1.807, 2.05) is 6.92 Å². The summed E-state index contributed by atoms with van der Waals surface area (Å²) in [6.07, 6.45) is 0. The van der Waals surface area contributed by atoms with Gasteiger partial charge in [-0.2, -0.15) is 0 Å². The molecule has 1 aliphatic heterocycles. The summed E-state index contributed by atoms with van der Waals surface area (Å²) >= 11 is 1.77. The molecule has 4 nitrogen and oxygen atoms in total. The maximum Gasteiger partial charge on any atom is 0.185 e. The number of likely N-dealkylation sites (N-methyl/N-ethyl adjacent to an activating group) is 1. The largest absolute Gasteiger partial charge is 0.346 e. The lowest BCUT2D eigenvalue weighted by atomic mass is 10.1. The average molecular weight is 268 g/mol. The second-order valence-electron chi connectivity index (χ2n) is 5.48. The Hall–Kier alpha value is -0.650. The van der Waals surface area contributed by atoms with Crippen LogP contribution in [-0.4, -0.2) is 43.1 Å². The highest BCUT2D eigenvalue weighted by Gasteiger charge is 2.22. The van der Waals surface area contributed by atoms with Crippen molar-refractivity contribution in [2.45, 2.75) is 32.7 Å². The molecule has 1 aliphatic rings. The zero-order valence-corrected chi connectivity index (χ0v) is 12.6. The maximum absolute atomic E-state index is 6.06. The number of nitrogens with two attached hydrogens (primary N) is 1. The summed E-state index contributed by atoms with van der Waals surface area (Å²) in [6.45, 7) is 10.8. The summed E-state index contributed by atoms with van der Waals surface area (Å²) < 4.78 is 0. The van der Waals surface area contributed by atoms with E-state index in [2.05, 4.69) is 30.7 Å². The van der Waals surface area contributed by atoms with Gasteiger partial charge in [0.05, 0.1) is 5.69 Å². The average Bonchev–Trinajstić information content (AvgIpc) is 2.75. The second kappa shape index (κ2) is 5.55. The number of anilines is 1. The number of rotatable bonds is 3.